The zero-order valence-corrected chi connectivity index (χ0v) is 44.0. The zero-order valence-electron chi connectivity index (χ0n) is 44.0. The minimum absolute atomic E-state index is 0.136. The summed E-state index contributed by atoms with van der Waals surface area (Å²) >= 11 is 0. The van der Waals surface area contributed by atoms with Crippen LogP contribution < -0.4 is 5.32 Å². The van der Waals surface area contributed by atoms with Crippen LogP contribution in [0.2, 0.25) is 0 Å². The number of nitrogens with one attached hydrogen (secondary N) is 1. The Morgan fingerprint density at radius 3 is 0.750 bits per heavy atom. The molecule has 3 atom stereocenters. The number of hydrogen-bond donors (Lipinski definition) is 4. The smallest absolute Gasteiger partial charge is 0.220 e. The molecule has 0 saturated carbocycles. The van der Waals surface area contributed by atoms with Gasteiger partial charge in [-0.25, -0.2) is 0 Å². The molecule has 5 nitrogen and oxygen atoms in total. The second kappa shape index (κ2) is 55.0. The molecule has 0 saturated heterocycles. The van der Waals surface area contributed by atoms with Crippen molar-refractivity contribution < 1.29 is 20.1 Å². The number of rotatable bonds is 56. The molecule has 0 rings (SSSR count). The third kappa shape index (κ3) is 49.3. The van der Waals surface area contributed by atoms with Gasteiger partial charge in [0.15, 0.2) is 0 Å². The lowest BCUT2D eigenvalue weighted by atomic mass is 9.99. The molecule has 64 heavy (non-hydrogen) atoms. The maximum Gasteiger partial charge on any atom is 0.220 e. The summed E-state index contributed by atoms with van der Waals surface area (Å²) in [5.74, 6) is -0.136. The Labute approximate surface area is 402 Å². The number of aliphatic hydroxyl groups is 3. The van der Waals surface area contributed by atoms with Crippen molar-refractivity contribution in [3.63, 3.8) is 0 Å². The highest BCUT2D eigenvalue weighted by atomic mass is 16.3. The van der Waals surface area contributed by atoms with Crippen LogP contribution in [-0.2, 0) is 4.79 Å². The van der Waals surface area contributed by atoms with E-state index in [4.69, 9.17) is 0 Å². The first-order valence-corrected chi connectivity index (χ1v) is 29.8. The summed E-state index contributed by atoms with van der Waals surface area (Å²) in [5.41, 5.74) is 0. The lowest BCUT2D eigenvalue weighted by molar-refractivity contribution is -0.124. The summed E-state index contributed by atoms with van der Waals surface area (Å²) in [6.45, 7) is 4.22. The average molecular weight is 907 g/mol. The molecular weight excluding hydrogens is 787 g/mol. The molecule has 0 aromatic heterocycles. The molecule has 0 aliphatic carbocycles. The van der Waals surface area contributed by atoms with Crippen molar-refractivity contribution in [3.8, 4) is 0 Å². The van der Waals surface area contributed by atoms with Gasteiger partial charge in [-0.1, -0.05) is 328 Å². The predicted octanol–water partition coefficient (Wildman–Crippen LogP) is 18.5. The monoisotopic (exact) mass is 906 g/mol. The van der Waals surface area contributed by atoms with E-state index in [9.17, 15) is 20.1 Å². The number of carbonyl (C=O) groups excluding carboxylic acids is 1. The van der Waals surface area contributed by atoms with Crippen LogP contribution in [0, 0.1) is 0 Å². The third-order valence-corrected chi connectivity index (χ3v) is 14.5. The fourth-order valence-corrected chi connectivity index (χ4v) is 9.87. The summed E-state index contributed by atoms with van der Waals surface area (Å²) in [5, 5.41) is 33.7. The normalized spacial score (nSPS) is 13.1. The quantitative estimate of drug-likeness (QED) is 0.0458. The SMILES string of the molecule is CCCCCCCCCCCCCCCCCCCCCCCCCCCCCCCCCCCCCCC(=O)N[C@@H](CO)[C@H](O)[C@H](O)CCCCCCCCCCCCCCCC. The second-order valence-electron chi connectivity index (χ2n) is 20.9. The molecule has 0 heterocycles. The van der Waals surface area contributed by atoms with Crippen molar-refractivity contribution in [2.24, 2.45) is 0 Å². The Morgan fingerprint density at radius 1 is 0.328 bits per heavy atom. The average Bonchev–Trinajstić information content (AvgIpc) is 3.30. The number of unbranched alkanes of at least 4 members (excludes halogenated alkanes) is 48. The summed E-state index contributed by atoms with van der Waals surface area (Å²) < 4.78 is 0. The highest BCUT2D eigenvalue weighted by Gasteiger charge is 2.26. The summed E-state index contributed by atoms with van der Waals surface area (Å²) in [4.78, 5) is 12.5. The maximum atomic E-state index is 12.5. The standard InChI is InChI=1S/C59H119NO4/c1-3-5-7-9-11-13-15-17-19-20-21-22-23-24-25-26-27-28-29-30-31-32-33-34-35-36-37-38-39-40-42-44-46-48-50-52-54-58(63)60-56(55-61)59(64)57(62)53-51-49-47-45-43-41-18-16-14-12-10-8-6-4-2/h56-57,59,61-62,64H,3-55H2,1-2H3,(H,60,63)/t56-,57+,59-/m0/s1. The van der Waals surface area contributed by atoms with Crippen molar-refractivity contribution in [1.82, 2.24) is 5.32 Å². The van der Waals surface area contributed by atoms with E-state index in [-0.39, 0.29) is 12.5 Å². The molecule has 0 aliphatic rings. The Bertz CT molecular complexity index is 868. The Hall–Kier alpha value is -0.650. The Morgan fingerprint density at radius 2 is 0.531 bits per heavy atom. The van der Waals surface area contributed by atoms with Crippen molar-refractivity contribution in [2.75, 3.05) is 6.61 Å². The van der Waals surface area contributed by atoms with Crippen LogP contribution in [0.25, 0.3) is 0 Å². The van der Waals surface area contributed by atoms with Gasteiger partial charge in [0.25, 0.3) is 0 Å². The molecule has 5 heteroatoms. The molecule has 0 fully saturated rings. The van der Waals surface area contributed by atoms with Gasteiger partial charge in [-0.15, -0.1) is 0 Å². The molecule has 4 N–H and O–H groups in total. The van der Waals surface area contributed by atoms with Crippen LogP contribution in [0.15, 0.2) is 0 Å². The molecule has 1 amide bonds. The van der Waals surface area contributed by atoms with Crippen LogP contribution >= 0.6 is 0 Å². The van der Waals surface area contributed by atoms with Crippen LogP contribution in [-0.4, -0.2) is 46.1 Å². The van der Waals surface area contributed by atoms with Crippen molar-refractivity contribution in [2.45, 2.75) is 366 Å². The minimum Gasteiger partial charge on any atom is -0.394 e. The van der Waals surface area contributed by atoms with Crippen LogP contribution in [0.4, 0.5) is 0 Å². The molecular formula is C59H119NO4. The molecule has 0 spiro atoms. The van der Waals surface area contributed by atoms with Gasteiger partial charge in [0, 0.05) is 6.42 Å². The molecule has 384 valence electrons. The van der Waals surface area contributed by atoms with Crippen molar-refractivity contribution in [3.05, 3.63) is 0 Å². The van der Waals surface area contributed by atoms with Gasteiger partial charge in [-0.3, -0.25) is 4.79 Å². The topological polar surface area (TPSA) is 89.8 Å². The summed E-state index contributed by atoms with van der Waals surface area (Å²) in [6, 6.07) is -0.804. The molecule has 0 aliphatic heterocycles. The first-order valence-electron chi connectivity index (χ1n) is 29.8. The lowest BCUT2D eigenvalue weighted by Gasteiger charge is -2.26. The van der Waals surface area contributed by atoms with E-state index in [1.54, 1.807) is 0 Å². The number of carbonyl (C=O) groups is 1. The van der Waals surface area contributed by atoms with E-state index in [2.05, 4.69) is 19.2 Å². The predicted molar refractivity (Wildman–Crippen MR) is 282 cm³/mol. The number of amides is 1. The van der Waals surface area contributed by atoms with E-state index in [0.29, 0.717) is 12.8 Å². The van der Waals surface area contributed by atoms with Crippen LogP contribution in [0.5, 0.6) is 0 Å². The molecule has 0 aromatic rings. The number of hydrogen-bond acceptors (Lipinski definition) is 4. The van der Waals surface area contributed by atoms with Crippen LogP contribution in [0.1, 0.15) is 348 Å². The van der Waals surface area contributed by atoms with Gasteiger partial charge in [-0.05, 0) is 12.8 Å². The minimum atomic E-state index is -1.13. The van der Waals surface area contributed by atoms with E-state index in [1.165, 1.54) is 289 Å². The van der Waals surface area contributed by atoms with E-state index in [0.717, 1.165) is 32.1 Å². The summed E-state index contributed by atoms with van der Waals surface area (Å²) in [7, 11) is 0. The summed E-state index contributed by atoms with van der Waals surface area (Å²) in [6.07, 6.45) is 67.2. The fourth-order valence-electron chi connectivity index (χ4n) is 9.87. The first kappa shape index (κ1) is 63.4. The molecule has 0 radical (unpaired) electrons. The maximum absolute atomic E-state index is 12.5. The lowest BCUT2D eigenvalue weighted by Crippen LogP contribution is -2.50. The second-order valence-corrected chi connectivity index (χ2v) is 20.9. The van der Waals surface area contributed by atoms with E-state index < -0.39 is 18.2 Å². The van der Waals surface area contributed by atoms with Gasteiger partial charge in [0.05, 0.1) is 18.8 Å². The molecule has 0 unspecified atom stereocenters. The van der Waals surface area contributed by atoms with Gasteiger partial charge < -0.3 is 20.6 Å². The fraction of sp³-hybridized carbons (Fsp3) is 0.983. The molecule has 0 aromatic carbocycles. The van der Waals surface area contributed by atoms with Gasteiger partial charge in [-0.2, -0.15) is 0 Å². The zero-order chi connectivity index (χ0) is 46.5. The van der Waals surface area contributed by atoms with Gasteiger partial charge in [0.1, 0.15) is 6.10 Å². The first-order chi connectivity index (χ1) is 31.6. The highest BCUT2D eigenvalue weighted by molar-refractivity contribution is 5.76. The van der Waals surface area contributed by atoms with E-state index in [1.807, 2.05) is 0 Å². The van der Waals surface area contributed by atoms with E-state index >= 15 is 0 Å². The Balaban J connectivity index is 3.39. The van der Waals surface area contributed by atoms with Crippen molar-refractivity contribution in [1.29, 1.82) is 0 Å². The number of aliphatic hydroxyl groups excluding tert-OH is 3. The molecule has 0 bridgehead atoms. The van der Waals surface area contributed by atoms with Gasteiger partial charge >= 0.3 is 0 Å². The Kier molecular flexibility index (Phi) is 54.4. The third-order valence-electron chi connectivity index (χ3n) is 14.5. The van der Waals surface area contributed by atoms with Crippen molar-refractivity contribution >= 4 is 5.91 Å². The van der Waals surface area contributed by atoms with Gasteiger partial charge in [0.2, 0.25) is 5.91 Å². The largest absolute Gasteiger partial charge is 0.394 e. The van der Waals surface area contributed by atoms with Crippen LogP contribution in [0.3, 0.4) is 0 Å². The highest BCUT2D eigenvalue weighted by Crippen LogP contribution is 2.19.